The molecule has 8 nitrogen and oxygen atoms in total. The van der Waals surface area contributed by atoms with Gasteiger partial charge in [0.05, 0.1) is 0 Å². The van der Waals surface area contributed by atoms with Crippen molar-refractivity contribution in [3.63, 3.8) is 0 Å². The zero-order valence-electron chi connectivity index (χ0n) is 17.8. The van der Waals surface area contributed by atoms with Crippen LogP contribution in [0.4, 0.5) is 15.3 Å². The summed E-state index contributed by atoms with van der Waals surface area (Å²) in [6.45, 7) is 9.54. The molecule has 3 N–H and O–H groups in total. The maximum absolute atomic E-state index is 13.1. The molecule has 0 radical (unpaired) electrons. The number of carbonyl (C=O) groups is 3. The Kier molecular flexibility index (Phi) is 8.30. The van der Waals surface area contributed by atoms with E-state index in [9.17, 15) is 14.4 Å². The lowest BCUT2D eigenvalue weighted by atomic mass is 9.97. The highest BCUT2D eigenvalue weighted by molar-refractivity contribution is 5.90. The van der Waals surface area contributed by atoms with Crippen LogP contribution in [0.5, 0.6) is 0 Å². The van der Waals surface area contributed by atoms with Crippen molar-refractivity contribution in [2.45, 2.75) is 46.2 Å². The standard InChI is InChI=1S/C21H33N5O3/c1-5-15(3)18(24-20(28)22-6-2)19(27)25-12-13-26(16(4)14-25)21(29)23-17-10-8-7-9-11-17/h7-11,15-16,18H,5-6,12-14H2,1-4H3,(H,23,29)(H2,22,24,28). The predicted molar refractivity (Wildman–Crippen MR) is 114 cm³/mol. The summed E-state index contributed by atoms with van der Waals surface area (Å²) < 4.78 is 0. The van der Waals surface area contributed by atoms with Gasteiger partial charge in [0.25, 0.3) is 0 Å². The first-order chi connectivity index (χ1) is 13.9. The lowest BCUT2D eigenvalue weighted by Crippen LogP contribution is -2.61. The minimum absolute atomic E-state index is 0.0137. The van der Waals surface area contributed by atoms with E-state index < -0.39 is 6.04 Å². The third kappa shape index (κ3) is 6.10. The molecule has 0 spiro atoms. The van der Waals surface area contributed by atoms with E-state index in [2.05, 4.69) is 16.0 Å². The molecule has 1 aromatic carbocycles. The van der Waals surface area contributed by atoms with E-state index in [-0.39, 0.29) is 29.9 Å². The first kappa shape index (κ1) is 22.5. The van der Waals surface area contributed by atoms with Gasteiger partial charge in [-0.05, 0) is 31.9 Å². The van der Waals surface area contributed by atoms with Gasteiger partial charge in [0.1, 0.15) is 6.04 Å². The number of para-hydroxylation sites is 1. The van der Waals surface area contributed by atoms with E-state index in [1.54, 1.807) is 9.80 Å². The molecule has 29 heavy (non-hydrogen) atoms. The van der Waals surface area contributed by atoms with Crippen LogP contribution in [0.15, 0.2) is 30.3 Å². The molecule has 3 atom stereocenters. The smallest absolute Gasteiger partial charge is 0.322 e. The molecular weight excluding hydrogens is 370 g/mol. The van der Waals surface area contributed by atoms with E-state index in [0.29, 0.717) is 26.2 Å². The fraction of sp³-hybridized carbons (Fsp3) is 0.571. The largest absolute Gasteiger partial charge is 0.338 e. The first-order valence-corrected chi connectivity index (χ1v) is 10.3. The third-order valence-electron chi connectivity index (χ3n) is 5.33. The van der Waals surface area contributed by atoms with E-state index >= 15 is 0 Å². The molecule has 1 saturated heterocycles. The van der Waals surface area contributed by atoms with Gasteiger partial charge in [0, 0.05) is 37.9 Å². The Morgan fingerprint density at radius 1 is 1.14 bits per heavy atom. The van der Waals surface area contributed by atoms with Crippen molar-refractivity contribution in [3.05, 3.63) is 30.3 Å². The summed E-state index contributed by atoms with van der Waals surface area (Å²) >= 11 is 0. The van der Waals surface area contributed by atoms with Gasteiger partial charge in [-0.25, -0.2) is 9.59 Å². The van der Waals surface area contributed by atoms with Crippen LogP contribution in [0.3, 0.4) is 0 Å². The van der Waals surface area contributed by atoms with Gasteiger partial charge in [-0.1, -0.05) is 38.5 Å². The monoisotopic (exact) mass is 403 g/mol. The maximum atomic E-state index is 13.1. The number of anilines is 1. The fourth-order valence-corrected chi connectivity index (χ4v) is 3.41. The number of nitrogens with zero attached hydrogens (tertiary/aromatic N) is 2. The Hall–Kier alpha value is -2.77. The molecule has 1 heterocycles. The van der Waals surface area contributed by atoms with Crippen molar-refractivity contribution in [1.82, 2.24) is 20.4 Å². The molecule has 1 aliphatic rings. The van der Waals surface area contributed by atoms with E-state index in [1.807, 2.05) is 58.0 Å². The van der Waals surface area contributed by atoms with E-state index in [0.717, 1.165) is 12.1 Å². The van der Waals surface area contributed by atoms with Crippen LogP contribution in [0.2, 0.25) is 0 Å². The van der Waals surface area contributed by atoms with Crippen LogP contribution < -0.4 is 16.0 Å². The summed E-state index contributed by atoms with van der Waals surface area (Å²) in [5, 5.41) is 8.39. The molecule has 0 aromatic heterocycles. The van der Waals surface area contributed by atoms with Crippen LogP contribution in [0.25, 0.3) is 0 Å². The Bertz CT molecular complexity index is 697. The highest BCUT2D eigenvalue weighted by atomic mass is 16.2. The molecule has 1 aromatic rings. The number of carbonyl (C=O) groups excluding carboxylic acids is 3. The maximum Gasteiger partial charge on any atom is 0.322 e. The Balaban J connectivity index is 1.99. The van der Waals surface area contributed by atoms with Crippen LogP contribution in [-0.4, -0.2) is 66.0 Å². The highest BCUT2D eigenvalue weighted by Gasteiger charge is 2.35. The van der Waals surface area contributed by atoms with Gasteiger partial charge >= 0.3 is 12.1 Å². The Morgan fingerprint density at radius 3 is 2.41 bits per heavy atom. The van der Waals surface area contributed by atoms with Crippen molar-refractivity contribution in [3.8, 4) is 0 Å². The molecule has 1 fully saturated rings. The molecular formula is C21H33N5O3. The van der Waals surface area contributed by atoms with Crippen LogP contribution >= 0.6 is 0 Å². The second kappa shape index (κ2) is 10.7. The lowest BCUT2D eigenvalue weighted by molar-refractivity contribution is -0.136. The summed E-state index contributed by atoms with van der Waals surface area (Å²) in [6, 6.07) is 8.10. The Morgan fingerprint density at radius 2 is 1.83 bits per heavy atom. The summed E-state index contributed by atoms with van der Waals surface area (Å²) in [4.78, 5) is 41.2. The number of rotatable bonds is 6. The van der Waals surface area contributed by atoms with Crippen LogP contribution in [0, 0.1) is 5.92 Å². The Labute approximate surface area is 173 Å². The van der Waals surface area contributed by atoms with Crippen molar-refractivity contribution in [2.75, 3.05) is 31.5 Å². The van der Waals surface area contributed by atoms with Gasteiger partial charge in [-0.15, -0.1) is 0 Å². The number of hydrogen-bond acceptors (Lipinski definition) is 3. The van der Waals surface area contributed by atoms with E-state index in [1.165, 1.54) is 0 Å². The first-order valence-electron chi connectivity index (χ1n) is 10.3. The van der Waals surface area contributed by atoms with Crippen molar-refractivity contribution >= 4 is 23.7 Å². The number of amides is 5. The molecule has 5 amide bonds. The minimum atomic E-state index is -0.580. The summed E-state index contributed by atoms with van der Waals surface area (Å²) in [6.07, 6.45) is 0.776. The molecule has 0 bridgehead atoms. The summed E-state index contributed by atoms with van der Waals surface area (Å²) in [5.41, 5.74) is 0.742. The quantitative estimate of drug-likeness (QED) is 0.681. The SMILES string of the molecule is CCNC(=O)NC(C(=O)N1CCN(C(=O)Nc2ccccc2)C(C)C1)C(C)CC. The van der Waals surface area contributed by atoms with Crippen molar-refractivity contribution in [2.24, 2.45) is 5.92 Å². The van der Waals surface area contributed by atoms with Gasteiger partial charge < -0.3 is 25.8 Å². The average molecular weight is 404 g/mol. The van der Waals surface area contributed by atoms with Crippen LogP contribution in [-0.2, 0) is 4.79 Å². The number of benzene rings is 1. The second-order valence-corrected chi connectivity index (χ2v) is 7.49. The molecule has 3 unspecified atom stereocenters. The number of nitrogens with one attached hydrogen (secondary N) is 3. The number of urea groups is 2. The lowest BCUT2D eigenvalue weighted by Gasteiger charge is -2.41. The second-order valence-electron chi connectivity index (χ2n) is 7.49. The number of hydrogen-bond donors (Lipinski definition) is 3. The van der Waals surface area contributed by atoms with Gasteiger partial charge in [0.15, 0.2) is 0 Å². The van der Waals surface area contributed by atoms with Gasteiger partial charge in [-0.2, -0.15) is 0 Å². The molecule has 2 rings (SSSR count). The topological polar surface area (TPSA) is 93.8 Å². The van der Waals surface area contributed by atoms with Crippen LogP contribution in [0.1, 0.15) is 34.1 Å². The fourth-order valence-electron chi connectivity index (χ4n) is 3.41. The molecule has 0 aliphatic carbocycles. The van der Waals surface area contributed by atoms with E-state index in [4.69, 9.17) is 0 Å². The van der Waals surface area contributed by atoms with Gasteiger partial charge in [0.2, 0.25) is 5.91 Å². The average Bonchev–Trinajstić information content (AvgIpc) is 2.71. The summed E-state index contributed by atoms with van der Waals surface area (Å²) in [7, 11) is 0. The minimum Gasteiger partial charge on any atom is -0.338 e. The zero-order chi connectivity index (χ0) is 21.4. The van der Waals surface area contributed by atoms with Crippen molar-refractivity contribution in [1.29, 1.82) is 0 Å². The highest BCUT2D eigenvalue weighted by Crippen LogP contribution is 2.17. The molecule has 0 saturated carbocycles. The van der Waals surface area contributed by atoms with Crippen molar-refractivity contribution < 1.29 is 14.4 Å². The molecule has 1 aliphatic heterocycles. The molecule has 8 heteroatoms. The predicted octanol–water partition coefficient (Wildman–Crippen LogP) is 2.49. The number of piperazine rings is 1. The third-order valence-corrected chi connectivity index (χ3v) is 5.33. The molecule has 160 valence electrons. The summed E-state index contributed by atoms with van der Waals surface area (Å²) in [5.74, 6) is -0.0830. The zero-order valence-corrected chi connectivity index (χ0v) is 17.8. The normalized spacial score (nSPS) is 18.6. The van der Waals surface area contributed by atoms with Gasteiger partial charge in [-0.3, -0.25) is 4.79 Å².